The molecule has 144 valence electrons. The molecule has 2 amide bonds. The van der Waals surface area contributed by atoms with Gasteiger partial charge in [0.05, 0.1) is 22.9 Å². The van der Waals surface area contributed by atoms with Gasteiger partial charge in [-0.05, 0) is 35.9 Å². The van der Waals surface area contributed by atoms with Crippen molar-refractivity contribution in [3.05, 3.63) is 82.4 Å². The van der Waals surface area contributed by atoms with E-state index in [2.05, 4.69) is 10.3 Å². The van der Waals surface area contributed by atoms with Crippen LogP contribution in [0.25, 0.3) is 0 Å². The first kappa shape index (κ1) is 19.9. The Balaban J connectivity index is 1.57. The van der Waals surface area contributed by atoms with Gasteiger partial charge in [-0.2, -0.15) is 0 Å². The van der Waals surface area contributed by atoms with Crippen molar-refractivity contribution in [2.75, 3.05) is 18.9 Å². The van der Waals surface area contributed by atoms with E-state index in [9.17, 15) is 9.59 Å². The van der Waals surface area contributed by atoms with Crippen LogP contribution in [-0.2, 0) is 11.3 Å². The van der Waals surface area contributed by atoms with Gasteiger partial charge in [-0.25, -0.2) is 4.98 Å². The summed E-state index contributed by atoms with van der Waals surface area (Å²) < 4.78 is 1.94. The number of amides is 2. The molecule has 3 rings (SSSR count). The molecule has 0 unspecified atom stereocenters. The molecular formula is C20H18Cl2N4O2. The van der Waals surface area contributed by atoms with Crippen LogP contribution in [0.2, 0.25) is 10.0 Å². The van der Waals surface area contributed by atoms with Crippen LogP contribution in [0.1, 0.15) is 15.9 Å². The van der Waals surface area contributed by atoms with Crippen LogP contribution in [0, 0.1) is 0 Å². The zero-order valence-corrected chi connectivity index (χ0v) is 16.6. The molecular weight excluding hydrogens is 399 g/mol. The van der Waals surface area contributed by atoms with Gasteiger partial charge in [-0.3, -0.25) is 9.59 Å². The van der Waals surface area contributed by atoms with Crippen molar-refractivity contribution in [2.45, 2.75) is 6.54 Å². The minimum absolute atomic E-state index is 0.0874. The zero-order chi connectivity index (χ0) is 20.1. The van der Waals surface area contributed by atoms with Gasteiger partial charge in [0.1, 0.15) is 0 Å². The second-order valence-corrected chi connectivity index (χ2v) is 7.08. The molecule has 0 bridgehead atoms. The fourth-order valence-electron chi connectivity index (χ4n) is 2.63. The Kier molecular flexibility index (Phi) is 6.34. The molecule has 28 heavy (non-hydrogen) atoms. The second-order valence-electron chi connectivity index (χ2n) is 6.27. The van der Waals surface area contributed by atoms with Gasteiger partial charge in [0.15, 0.2) is 0 Å². The molecule has 0 fully saturated rings. The summed E-state index contributed by atoms with van der Waals surface area (Å²) in [6.07, 6.45) is 5.33. The van der Waals surface area contributed by atoms with Crippen LogP contribution >= 0.6 is 23.2 Å². The number of nitrogens with zero attached hydrogens (tertiary/aromatic N) is 3. The highest BCUT2D eigenvalue weighted by Crippen LogP contribution is 2.24. The van der Waals surface area contributed by atoms with Gasteiger partial charge in [0.2, 0.25) is 5.91 Å². The van der Waals surface area contributed by atoms with Crippen LogP contribution in [0.3, 0.4) is 0 Å². The van der Waals surface area contributed by atoms with Gasteiger partial charge in [-0.15, -0.1) is 0 Å². The monoisotopic (exact) mass is 416 g/mol. The van der Waals surface area contributed by atoms with E-state index in [4.69, 9.17) is 23.2 Å². The number of likely N-dealkylation sites (N-methyl/N-ethyl adjacent to an activating group) is 1. The number of hydrogen-bond acceptors (Lipinski definition) is 3. The smallest absolute Gasteiger partial charge is 0.254 e. The fraction of sp³-hybridized carbons (Fsp3) is 0.150. The normalized spacial score (nSPS) is 10.5. The first-order valence-corrected chi connectivity index (χ1v) is 9.23. The molecule has 8 heteroatoms. The third kappa shape index (κ3) is 5.12. The highest BCUT2D eigenvalue weighted by molar-refractivity contribution is 6.42. The molecule has 1 aromatic heterocycles. The molecule has 0 aliphatic rings. The van der Waals surface area contributed by atoms with Crippen molar-refractivity contribution in [3.8, 4) is 0 Å². The Morgan fingerprint density at radius 1 is 1.11 bits per heavy atom. The summed E-state index contributed by atoms with van der Waals surface area (Å²) in [5, 5.41) is 3.45. The Hall–Kier alpha value is -2.83. The molecule has 0 aliphatic carbocycles. The molecule has 0 radical (unpaired) electrons. The van der Waals surface area contributed by atoms with Crippen LogP contribution in [0.5, 0.6) is 0 Å². The molecule has 0 aliphatic heterocycles. The SMILES string of the molecule is CN(CC(=O)Nc1ccc(Cl)c(Cl)c1)C(=O)c1ccc(Cn2ccnc2)cc1. The number of rotatable bonds is 6. The summed E-state index contributed by atoms with van der Waals surface area (Å²) in [4.78, 5) is 30.1. The first-order chi connectivity index (χ1) is 13.4. The number of hydrogen-bond donors (Lipinski definition) is 1. The van der Waals surface area contributed by atoms with Crippen molar-refractivity contribution in [1.82, 2.24) is 14.5 Å². The van der Waals surface area contributed by atoms with Crippen molar-refractivity contribution in [3.63, 3.8) is 0 Å². The minimum atomic E-state index is -0.328. The van der Waals surface area contributed by atoms with Crippen LogP contribution in [-0.4, -0.2) is 39.9 Å². The van der Waals surface area contributed by atoms with Crippen LogP contribution < -0.4 is 5.32 Å². The lowest BCUT2D eigenvalue weighted by Crippen LogP contribution is -2.34. The van der Waals surface area contributed by atoms with E-state index in [1.165, 1.54) is 4.90 Å². The third-order valence-electron chi connectivity index (χ3n) is 4.06. The van der Waals surface area contributed by atoms with Gasteiger partial charge < -0.3 is 14.8 Å². The molecule has 6 nitrogen and oxygen atoms in total. The second kappa shape index (κ2) is 8.91. The Bertz CT molecular complexity index is 972. The summed E-state index contributed by atoms with van der Waals surface area (Å²) in [5.41, 5.74) is 2.08. The number of anilines is 1. The van der Waals surface area contributed by atoms with Crippen molar-refractivity contribution < 1.29 is 9.59 Å². The van der Waals surface area contributed by atoms with Gasteiger partial charge in [0.25, 0.3) is 5.91 Å². The van der Waals surface area contributed by atoms with Crippen molar-refractivity contribution >= 4 is 40.7 Å². The van der Waals surface area contributed by atoms with E-state index >= 15 is 0 Å². The summed E-state index contributed by atoms with van der Waals surface area (Å²) in [6, 6.07) is 12.1. The van der Waals surface area contributed by atoms with E-state index in [1.807, 2.05) is 22.9 Å². The minimum Gasteiger partial charge on any atom is -0.333 e. The molecule has 2 aromatic carbocycles. The number of nitrogens with one attached hydrogen (secondary N) is 1. The maximum Gasteiger partial charge on any atom is 0.254 e. The number of benzene rings is 2. The number of halogens is 2. The maximum atomic E-state index is 12.6. The van der Waals surface area contributed by atoms with Crippen molar-refractivity contribution in [1.29, 1.82) is 0 Å². The Morgan fingerprint density at radius 2 is 1.86 bits per heavy atom. The summed E-state index contributed by atoms with van der Waals surface area (Å²) >= 11 is 11.8. The third-order valence-corrected chi connectivity index (χ3v) is 4.80. The number of imidazole rings is 1. The quantitative estimate of drug-likeness (QED) is 0.661. The lowest BCUT2D eigenvalue weighted by Gasteiger charge is -2.17. The molecule has 0 saturated heterocycles. The first-order valence-electron chi connectivity index (χ1n) is 8.47. The topological polar surface area (TPSA) is 67.2 Å². The maximum absolute atomic E-state index is 12.6. The van der Waals surface area contributed by atoms with E-state index in [0.29, 0.717) is 27.8 Å². The lowest BCUT2D eigenvalue weighted by atomic mass is 10.1. The summed E-state index contributed by atoms with van der Waals surface area (Å²) in [6.45, 7) is 0.590. The molecule has 0 saturated carbocycles. The standard InChI is InChI=1S/C20H18Cl2N4O2/c1-25(12-19(27)24-16-6-7-17(21)18(22)10-16)20(28)15-4-2-14(3-5-15)11-26-9-8-23-13-26/h2-10,13H,11-12H2,1H3,(H,24,27). The zero-order valence-electron chi connectivity index (χ0n) is 15.1. The molecule has 0 atom stereocenters. The predicted molar refractivity (Wildman–Crippen MR) is 110 cm³/mol. The van der Waals surface area contributed by atoms with E-state index < -0.39 is 0 Å². The van der Waals surface area contributed by atoms with Gasteiger partial charge in [0, 0.05) is 37.2 Å². The lowest BCUT2D eigenvalue weighted by molar-refractivity contribution is -0.116. The number of carbonyl (C=O) groups excluding carboxylic acids is 2. The highest BCUT2D eigenvalue weighted by atomic mass is 35.5. The predicted octanol–water partition coefficient (Wildman–Crippen LogP) is 3.95. The molecule has 0 spiro atoms. The Labute approximate surface area is 172 Å². The summed E-state index contributed by atoms with van der Waals surface area (Å²) in [7, 11) is 1.58. The van der Waals surface area contributed by atoms with E-state index in [1.54, 1.807) is 49.9 Å². The molecule has 1 N–H and O–H groups in total. The molecule has 1 heterocycles. The largest absolute Gasteiger partial charge is 0.333 e. The fourth-order valence-corrected chi connectivity index (χ4v) is 2.92. The van der Waals surface area contributed by atoms with Gasteiger partial charge in [-0.1, -0.05) is 35.3 Å². The van der Waals surface area contributed by atoms with Crippen LogP contribution in [0.15, 0.2) is 61.2 Å². The van der Waals surface area contributed by atoms with Crippen LogP contribution in [0.4, 0.5) is 5.69 Å². The number of aromatic nitrogens is 2. The average molecular weight is 417 g/mol. The van der Waals surface area contributed by atoms with E-state index in [-0.39, 0.29) is 18.4 Å². The highest BCUT2D eigenvalue weighted by Gasteiger charge is 2.15. The average Bonchev–Trinajstić information content (AvgIpc) is 3.17. The molecule has 3 aromatic rings. The Morgan fingerprint density at radius 3 is 2.50 bits per heavy atom. The van der Waals surface area contributed by atoms with E-state index in [0.717, 1.165) is 5.56 Å². The van der Waals surface area contributed by atoms with Gasteiger partial charge >= 0.3 is 0 Å². The number of carbonyl (C=O) groups is 2. The van der Waals surface area contributed by atoms with Crippen molar-refractivity contribution in [2.24, 2.45) is 0 Å². The summed E-state index contributed by atoms with van der Waals surface area (Å²) in [5.74, 6) is -0.565.